The normalized spacial score (nSPS) is 19.0. The van der Waals surface area contributed by atoms with E-state index in [-0.39, 0.29) is 15.7 Å². The molecule has 1 aromatic carbocycles. The lowest BCUT2D eigenvalue weighted by molar-refractivity contribution is -0.134. The molecular weight excluding hydrogens is 315 g/mol. The number of urea groups is 1. The zero-order chi connectivity index (χ0) is 15.7. The van der Waals surface area contributed by atoms with Crippen LogP contribution in [0.4, 0.5) is 10.5 Å². The molecule has 4 amide bonds. The van der Waals surface area contributed by atoms with E-state index in [9.17, 15) is 14.4 Å². The highest BCUT2D eigenvalue weighted by atomic mass is 35.5. The molecule has 1 aromatic rings. The zero-order valence-electron chi connectivity index (χ0n) is 11.6. The van der Waals surface area contributed by atoms with Gasteiger partial charge in [-0.1, -0.05) is 42.6 Å². The highest BCUT2D eigenvalue weighted by Gasteiger charge is 2.42. The summed E-state index contributed by atoms with van der Waals surface area (Å²) in [4.78, 5) is 37.2. The average Bonchev–Trinajstić information content (AvgIpc) is 2.42. The van der Waals surface area contributed by atoms with Gasteiger partial charge in [0, 0.05) is 0 Å². The maximum absolute atomic E-state index is 12.5. The van der Waals surface area contributed by atoms with Gasteiger partial charge >= 0.3 is 6.03 Å². The van der Waals surface area contributed by atoms with Crippen LogP contribution in [0.25, 0.3) is 0 Å². The second kappa shape index (κ2) is 6.03. The Bertz CT molecular complexity index is 631. The summed E-state index contributed by atoms with van der Waals surface area (Å²) in [6, 6.07) is 2.42. The lowest BCUT2D eigenvalue weighted by Crippen LogP contribution is -2.58. The van der Waals surface area contributed by atoms with Gasteiger partial charge in [0.15, 0.2) is 0 Å². The van der Waals surface area contributed by atoms with Gasteiger partial charge < -0.3 is 0 Å². The second-order valence-electron chi connectivity index (χ2n) is 4.84. The lowest BCUT2D eigenvalue weighted by atomic mass is 9.98. The zero-order valence-corrected chi connectivity index (χ0v) is 13.1. The van der Waals surface area contributed by atoms with E-state index in [1.54, 1.807) is 19.1 Å². The maximum Gasteiger partial charge on any atom is 0.335 e. The van der Waals surface area contributed by atoms with Crippen molar-refractivity contribution in [3.8, 4) is 0 Å². The van der Waals surface area contributed by atoms with Crippen LogP contribution < -0.4 is 10.2 Å². The topological polar surface area (TPSA) is 66.5 Å². The molecule has 0 aromatic heterocycles. The first-order valence-electron chi connectivity index (χ1n) is 6.51. The van der Waals surface area contributed by atoms with Gasteiger partial charge in [-0.2, -0.15) is 0 Å². The number of hydrogen-bond acceptors (Lipinski definition) is 3. The van der Waals surface area contributed by atoms with Crippen LogP contribution in [0.3, 0.4) is 0 Å². The number of nitrogens with zero attached hydrogens (tertiary/aromatic N) is 1. The fraction of sp³-hybridized carbons (Fsp3) is 0.357. The fourth-order valence-corrected chi connectivity index (χ4v) is 2.76. The van der Waals surface area contributed by atoms with Gasteiger partial charge in [-0.3, -0.25) is 14.9 Å². The number of hydrogen-bond donors (Lipinski definition) is 1. The number of barbiturate groups is 1. The molecule has 1 aliphatic rings. The summed E-state index contributed by atoms with van der Waals surface area (Å²) in [5, 5.41) is 2.57. The highest BCUT2D eigenvalue weighted by molar-refractivity contribution is 6.43. The number of carbonyl (C=O) groups excluding carboxylic acids is 3. The molecule has 1 fully saturated rings. The number of rotatable bonds is 3. The first kappa shape index (κ1) is 15.8. The second-order valence-corrected chi connectivity index (χ2v) is 5.62. The number of amides is 4. The molecule has 21 heavy (non-hydrogen) atoms. The van der Waals surface area contributed by atoms with E-state index in [2.05, 4.69) is 5.32 Å². The maximum atomic E-state index is 12.5. The summed E-state index contributed by atoms with van der Waals surface area (Å²) < 4.78 is 0. The number of aryl methyl sites for hydroxylation is 1. The summed E-state index contributed by atoms with van der Waals surface area (Å²) in [5.41, 5.74) is 0.801. The largest absolute Gasteiger partial charge is 0.335 e. The van der Waals surface area contributed by atoms with Crippen molar-refractivity contribution in [3.05, 3.63) is 27.7 Å². The van der Waals surface area contributed by atoms with Gasteiger partial charge in [-0.15, -0.1) is 0 Å². The molecule has 112 valence electrons. The van der Waals surface area contributed by atoms with Crippen LogP contribution in [0.15, 0.2) is 12.1 Å². The summed E-state index contributed by atoms with van der Waals surface area (Å²) in [6.07, 6.45) is 0.997. The summed E-state index contributed by atoms with van der Waals surface area (Å²) in [7, 11) is 0. The van der Waals surface area contributed by atoms with E-state index in [1.807, 2.05) is 6.92 Å². The standard InChI is InChI=1S/C14H14Cl2N2O3/c1-3-4-8-12(19)17-14(21)18(13(8)20)11-9(15)6-5-7(2)10(11)16/h5-6,8H,3-4H2,1-2H3,(H,17,19,21). The molecule has 1 saturated heterocycles. The van der Waals surface area contributed by atoms with Gasteiger partial charge in [-0.25, -0.2) is 9.69 Å². The van der Waals surface area contributed by atoms with E-state index in [1.165, 1.54) is 0 Å². The predicted molar refractivity (Wildman–Crippen MR) is 80.6 cm³/mol. The minimum absolute atomic E-state index is 0.120. The van der Waals surface area contributed by atoms with E-state index in [4.69, 9.17) is 23.2 Å². The Balaban J connectivity index is 2.52. The van der Waals surface area contributed by atoms with Crippen molar-refractivity contribution in [2.75, 3.05) is 4.90 Å². The van der Waals surface area contributed by atoms with Crippen molar-refractivity contribution in [2.45, 2.75) is 26.7 Å². The molecule has 7 heteroatoms. The molecule has 0 bridgehead atoms. The monoisotopic (exact) mass is 328 g/mol. The number of anilines is 1. The summed E-state index contributed by atoms with van der Waals surface area (Å²) in [6.45, 7) is 3.59. The Labute approximate surface area is 132 Å². The summed E-state index contributed by atoms with van der Waals surface area (Å²) >= 11 is 12.3. The lowest BCUT2D eigenvalue weighted by Gasteiger charge is -2.31. The van der Waals surface area contributed by atoms with Gasteiger partial charge in [-0.05, 0) is 25.0 Å². The minimum atomic E-state index is -0.902. The SMILES string of the molecule is CCCC1C(=O)NC(=O)N(c2c(Cl)ccc(C)c2Cl)C1=O. The Morgan fingerprint density at radius 2 is 1.90 bits per heavy atom. The van der Waals surface area contributed by atoms with Gasteiger partial charge in [0.2, 0.25) is 11.8 Å². The summed E-state index contributed by atoms with van der Waals surface area (Å²) in [5.74, 6) is -2.08. The van der Waals surface area contributed by atoms with Crippen LogP contribution in [-0.2, 0) is 9.59 Å². The minimum Gasteiger partial charge on any atom is -0.277 e. The Morgan fingerprint density at radius 1 is 1.24 bits per heavy atom. The molecule has 1 unspecified atom stereocenters. The quantitative estimate of drug-likeness (QED) is 0.865. The van der Waals surface area contributed by atoms with E-state index >= 15 is 0 Å². The van der Waals surface area contributed by atoms with Gasteiger partial charge in [0.05, 0.1) is 15.7 Å². The van der Waals surface area contributed by atoms with Crippen molar-refractivity contribution >= 4 is 46.7 Å². The Hall–Kier alpha value is -1.59. The number of benzene rings is 1. The number of imide groups is 2. The molecule has 0 spiro atoms. The first-order chi connectivity index (χ1) is 9.88. The van der Waals surface area contributed by atoms with Crippen LogP contribution >= 0.6 is 23.2 Å². The molecular formula is C14H14Cl2N2O3. The van der Waals surface area contributed by atoms with Crippen molar-refractivity contribution < 1.29 is 14.4 Å². The molecule has 2 rings (SSSR count). The third-order valence-electron chi connectivity index (χ3n) is 3.33. The Kier molecular flexibility index (Phi) is 4.54. The van der Waals surface area contributed by atoms with E-state index in [0.717, 1.165) is 4.90 Å². The van der Waals surface area contributed by atoms with E-state index in [0.29, 0.717) is 18.4 Å². The van der Waals surface area contributed by atoms with Gasteiger partial charge in [0.25, 0.3) is 0 Å². The van der Waals surface area contributed by atoms with Crippen LogP contribution in [0.2, 0.25) is 10.0 Å². The van der Waals surface area contributed by atoms with Crippen molar-refractivity contribution in [2.24, 2.45) is 5.92 Å². The molecule has 1 aliphatic heterocycles. The smallest absolute Gasteiger partial charge is 0.277 e. The molecule has 5 nitrogen and oxygen atoms in total. The predicted octanol–water partition coefficient (Wildman–Crippen LogP) is 3.30. The van der Waals surface area contributed by atoms with Crippen molar-refractivity contribution in [3.63, 3.8) is 0 Å². The van der Waals surface area contributed by atoms with Crippen molar-refractivity contribution in [1.29, 1.82) is 0 Å². The fourth-order valence-electron chi connectivity index (χ4n) is 2.22. The molecule has 0 radical (unpaired) electrons. The third kappa shape index (κ3) is 2.76. The third-order valence-corrected chi connectivity index (χ3v) is 4.11. The molecule has 0 aliphatic carbocycles. The van der Waals surface area contributed by atoms with E-state index < -0.39 is 23.8 Å². The Morgan fingerprint density at radius 3 is 2.52 bits per heavy atom. The molecule has 1 atom stereocenters. The average molecular weight is 329 g/mol. The van der Waals surface area contributed by atoms with Crippen LogP contribution in [-0.4, -0.2) is 17.8 Å². The molecule has 1 N–H and O–H groups in total. The first-order valence-corrected chi connectivity index (χ1v) is 7.27. The van der Waals surface area contributed by atoms with Crippen LogP contribution in [0, 0.1) is 12.8 Å². The highest BCUT2D eigenvalue weighted by Crippen LogP contribution is 2.38. The molecule has 1 heterocycles. The van der Waals surface area contributed by atoms with Gasteiger partial charge in [0.1, 0.15) is 5.92 Å². The van der Waals surface area contributed by atoms with Crippen LogP contribution in [0.5, 0.6) is 0 Å². The number of nitrogens with one attached hydrogen (secondary N) is 1. The van der Waals surface area contributed by atoms with Crippen molar-refractivity contribution in [1.82, 2.24) is 5.32 Å². The number of halogens is 2. The van der Waals surface area contributed by atoms with Crippen LogP contribution in [0.1, 0.15) is 25.3 Å². The molecule has 0 saturated carbocycles. The number of carbonyl (C=O) groups is 3.